The maximum absolute atomic E-state index is 13.0. The van der Waals surface area contributed by atoms with Gasteiger partial charge in [-0.3, -0.25) is 4.79 Å². The van der Waals surface area contributed by atoms with Gasteiger partial charge in [0.1, 0.15) is 23.3 Å². The van der Waals surface area contributed by atoms with Crippen molar-refractivity contribution in [1.29, 1.82) is 5.26 Å². The van der Waals surface area contributed by atoms with E-state index in [1.54, 1.807) is 29.3 Å². The molecule has 1 aliphatic rings. The van der Waals surface area contributed by atoms with Gasteiger partial charge >= 0.3 is 0 Å². The van der Waals surface area contributed by atoms with E-state index in [2.05, 4.69) is 15.2 Å². The Morgan fingerprint density at radius 2 is 1.89 bits per heavy atom. The third kappa shape index (κ3) is 4.61. The van der Waals surface area contributed by atoms with Crippen molar-refractivity contribution < 1.29 is 9.18 Å². The highest BCUT2D eigenvalue weighted by molar-refractivity contribution is 5.97. The van der Waals surface area contributed by atoms with Crippen LogP contribution in [-0.4, -0.2) is 42.0 Å². The quantitative estimate of drug-likeness (QED) is 0.666. The average Bonchev–Trinajstić information content (AvgIpc) is 2.70. The van der Waals surface area contributed by atoms with Crippen LogP contribution in [0.1, 0.15) is 5.56 Å². The number of hydrogen-bond acceptors (Lipinski definition) is 5. The van der Waals surface area contributed by atoms with Crippen LogP contribution in [0.5, 0.6) is 0 Å². The summed E-state index contributed by atoms with van der Waals surface area (Å²) >= 11 is 0. The molecule has 0 unspecified atom stereocenters. The van der Waals surface area contributed by atoms with Crippen LogP contribution in [0.25, 0.3) is 0 Å². The van der Waals surface area contributed by atoms with Crippen molar-refractivity contribution in [3.8, 4) is 6.07 Å². The van der Waals surface area contributed by atoms with Gasteiger partial charge in [-0.25, -0.2) is 9.37 Å². The predicted molar refractivity (Wildman–Crippen MR) is 101 cm³/mol. The SMILES string of the molecule is Cc1ccc(N/C=C(/C#N)C(=O)N2CCN(c3ccc(F)cc3)CC2)nc1. The van der Waals surface area contributed by atoms with Gasteiger partial charge in [0.2, 0.25) is 0 Å². The van der Waals surface area contributed by atoms with Crippen LogP contribution < -0.4 is 10.2 Å². The predicted octanol–water partition coefficient (Wildman–Crippen LogP) is 2.70. The first-order valence-corrected chi connectivity index (χ1v) is 8.66. The zero-order chi connectivity index (χ0) is 19.2. The van der Waals surface area contributed by atoms with Gasteiger partial charge in [-0.15, -0.1) is 0 Å². The Morgan fingerprint density at radius 3 is 2.48 bits per heavy atom. The molecule has 1 aliphatic heterocycles. The maximum Gasteiger partial charge on any atom is 0.266 e. The molecule has 138 valence electrons. The number of nitriles is 1. The van der Waals surface area contributed by atoms with Crippen molar-refractivity contribution in [2.75, 3.05) is 36.4 Å². The molecule has 3 rings (SSSR count). The van der Waals surface area contributed by atoms with Gasteiger partial charge in [-0.2, -0.15) is 5.26 Å². The second-order valence-corrected chi connectivity index (χ2v) is 6.29. The summed E-state index contributed by atoms with van der Waals surface area (Å²) in [5, 5.41) is 12.2. The number of pyridine rings is 1. The molecule has 0 spiro atoms. The summed E-state index contributed by atoms with van der Waals surface area (Å²) in [6, 6.07) is 11.9. The lowest BCUT2D eigenvalue weighted by Crippen LogP contribution is -2.49. The van der Waals surface area contributed by atoms with Crippen LogP contribution in [0.15, 0.2) is 54.4 Å². The third-order valence-electron chi connectivity index (χ3n) is 4.39. The molecule has 0 atom stereocenters. The zero-order valence-corrected chi connectivity index (χ0v) is 15.0. The van der Waals surface area contributed by atoms with E-state index in [4.69, 9.17) is 0 Å². The van der Waals surface area contributed by atoms with Gasteiger partial charge in [0.05, 0.1) is 0 Å². The molecule has 1 fully saturated rings. The minimum absolute atomic E-state index is 0.0348. The lowest BCUT2D eigenvalue weighted by molar-refractivity contribution is -0.127. The summed E-state index contributed by atoms with van der Waals surface area (Å²) in [6.07, 6.45) is 3.10. The molecular formula is C20H20FN5O. The monoisotopic (exact) mass is 365 g/mol. The van der Waals surface area contributed by atoms with E-state index in [0.29, 0.717) is 32.0 Å². The van der Waals surface area contributed by atoms with Crippen molar-refractivity contribution in [3.05, 3.63) is 65.7 Å². The Bertz CT molecular complexity index is 863. The molecule has 1 aromatic carbocycles. The first kappa shape index (κ1) is 18.4. The number of carbonyl (C=O) groups is 1. The molecule has 0 radical (unpaired) electrons. The molecule has 2 aromatic rings. The van der Waals surface area contributed by atoms with E-state index in [1.165, 1.54) is 18.3 Å². The van der Waals surface area contributed by atoms with E-state index in [0.717, 1.165) is 11.3 Å². The fourth-order valence-corrected chi connectivity index (χ4v) is 2.83. The van der Waals surface area contributed by atoms with Gasteiger partial charge in [0.25, 0.3) is 5.91 Å². The minimum atomic E-state index is -0.309. The number of rotatable bonds is 4. The van der Waals surface area contributed by atoms with Crippen LogP contribution in [0, 0.1) is 24.1 Å². The van der Waals surface area contributed by atoms with E-state index >= 15 is 0 Å². The van der Waals surface area contributed by atoms with Gasteiger partial charge in [-0.05, 0) is 42.8 Å². The topological polar surface area (TPSA) is 72.3 Å². The van der Waals surface area contributed by atoms with Crippen LogP contribution in [0.4, 0.5) is 15.9 Å². The molecule has 1 N–H and O–H groups in total. The second-order valence-electron chi connectivity index (χ2n) is 6.29. The summed E-state index contributed by atoms with van der Waals surface area (Å²) in [5.41, 5.74) is 1.99. The molecule has 2 heterocycles. The molecule has 0 bridgehead atoms. The lowest BCUT2D eigenvalue weighted by atomic mass is 10.2. The molecule has 6 nitrogen and oxygen atoms in total. The highest BCUT2D eigenvalue weighted by atomic mass is 19.1. The number of benzene rings is 1. The molecule has 0 saturated carbocycles. The highest BCUT2D eigenvalue weighted by Gasteiger charge is 2.23. The van der Waals surface area contributed by atoms with Gasteiger partial charge in [-0.1, -0.05) is 6.07 Å². The molecule has 27 heavy (non-hydrogen) atoms. The average molecular weight is 365 g/mol. The minimum Gasteiger partial charge on any atom is -0.368 e. The molecular weight excluding hydrogens is 345 g/mol. The van der Waals surface area contributed by atoms with Crippen molar-refractivity contribution in [2.24, 2.45) is 0 Å². The largest absolute Gasteiger partial charge is 0.368 e. The fraction of sp³-hybridized carbons (Fsp3) is 0.250. The van der Waals surface area contributed by atoms with Gasteiger partial charge in [0, 0.05) is 44.3 Å². The highest BCUT2D eigenvalue weighted by Crippen LogP contribution is 2.17. The van der Waals surface area contributed by atoms with Crippen molar-refractivity contribution >= 4 is 17.4 Å². The molecule has 7 heteroatoms. The fourth-order valence-electron chi connectivity index (χ4n) is 2.83. The number of aromatic nitrogens is 1. The Morgan fingerprint density at radius 1 is 1.19 bits per heavy atom. The number of amides is 1. The summed E-state index contributed by atoms with van der Waals surface area (Å²) in [5.74, 6) is -0.00919. The first-order chi connectivity index (χ1) is 13.1. The Labute approximate surface area is 157 Å². The van der Waals surface area contributed by atoms with Crippen LogP contribution in [-0.2, 0) is 4.79 Å². The van der Waals surface area contributed by atoms with Crippen LogP contribution in [0.2, 0.25) is 0 Å². The standard InChI is InChI=1S/C20H20FN5O/c1-15-2-7-19(23-13-15)24-14-16(12-22)20(27)26-10-8-25(9-11-26)18-5-3-17(21)4-6-18/h2-7,13-14H,8-11H2,1H3,(H,23,24)/b16-14-. The van der Waals surface area contributed by atoms with Crippen LogP contribution >= 0.6 is 0 Å². The van der Waals surface area contributed by atoms with E-state index in [-0.39, 0.29) is 17.3 Å². The number of nitrogens with zero attached hydrogens (tertiary/aromatic N) is 4. The zero-order valence-electron chi connectivity index (χ0n) is 15.0. The molecule has 0 aliphatic carbocycles. The third-order valence-corrected chi connectivity index (χ3v) is 4.39. The Kier molecular flexibility index (Phi) is 5.67. The van der Waals surface area contributed by atoms with E-state index in [1.807, 2.05) is 19.1 Å². The summed E-state index contributed by atoms with van der Waals surface area (Å²) < 4.78 is 13.0. The summed E-state index contributed by atoms with van der Waals surface area (Å²) in [4.78, 5) is 20.5. The number of nitrogens with one attached hydrogen (secondary N) is 1. The molecule has 1 saturated heterocycles. The van der Waals surface area contributed by atoms with Gasteiger partial charge < -0.3 is 15.1 Å². The smallest absolute Gasteiger partial charge is 0.266 e. The Balaban J connectivity index is 1.59. The van der Waals surface area contributed by atoms with E-state index in [9.17, 15) is 14.4 Å². The summed E-state index contributed by atoms with van der Waals surface area (Å²) in [6.45, 7) is 4.19. The van der Waals surface area contributed by atoms with E-state index < -0.39 is 0 Å². The summed E-state index contributed by atoms with van der Waals surface area (Å²) in [7, 11) is 0. The number of hydrogen-bond donors (Lipinski definition) is 1. The number of piperazine rings is 1. The van der Waals surface area contributed by atoms with Crippen molar-refractivity contribution in [1.82, 2.24) is 9.88 Å². The maximum atomic E-state index is 13.0. The normalized spacial score (nSPS) is 14.6. The Hall–Kier alpha value is -3.40. The number of halogens is 1. The first-order valence-electron chi connectivity index (χ1n) is 8.66. The molecule has 1 amide bonds. The van der Waals surface area contributed by atoms with Crippen molar-refractivity contribution in [2.45, 2.75) is 6.92 Å². The second kappa shape index (κ2) is 8.32. The van der Waals surface area contributed by atoms with Crippen molar-refractivity contribution in [3.63, 3.8) is 0 Å². The lowest BCUT2D eigenvalue weighted by Gasteiger charge is -2.36. The molecule has 1 aromatic heterocycles. The number of anilines is 2. The van der Waals surface area contributed by atoms with Crippen LogP contribution in [0.3, 0.4) is 0 Å². The number of carbonyl (C=O) groups excluding carboxylic acids is 1. The number of aryl methyl sites for hydroxylation is 1. The van der Waals surface area contributed by atoms with Gasteiger partial charge in [0.15, 0.2) is 0 Å².